The zero-order chi connectivity index (χ0) is 19.5. The van der Waals surface area contributed by atoms with Gasteiger partial charge in [-0.2, -0.15) is 0 Å². The van der Waals surface area contributed by atoms with Crippen molar-refractivity contribution in [3.63, 3.8) is 0 Å². The van der Waals surface area contributed by atoms with E-state index in [0.717, 1.165) is 47.1 Å². The van der Waals surface area contributed by atoms with Crippen molar-refractivity contribution in [2.24, 2.45) is 0 Å². The summed E-state index contributed by atoms with van der Waals surface area (Å²) in [5, 5.41) is 10.5. The maximum Gasteiger partial charge on any atom is 0.124 e. The number of aliphatic hydroxyl groups excluding tert-OH is 1. The van der Waals surface area contributed by atoms with Gasteiger partial charge in [0.05, 0.1) is 31.3 Å². The number of likely N-dealkylation sites (tertiary alicyclic amines) is 1. The van der Waals surface area contributed by atoms with Crippen molar-refractivity contribution >= 4 is 22.6 Å². The second-order valence-electron chi connectivity index (χ2n) is 7.40. The summed E-state index contributed by atoms with van der Waals surface area (Å²) in [5.74, 6) is 1.83. The number of fused-ring (bicyclic) bond motifs is 1. The van der Waals surface area contributed by atoms with Crippen LogP contribution in [0.2, 0.25) is 5.02 Å². The molecule has 1 aromatic heterocycles. The predicted octanol–water partition coefficient (Wildman–Crippen LogP) is 4.09. The Kier molecular flexibility index (Phi) is 5.85. The molecule has 1 saturated heterocycles. The van der Waals surface area contributed by atoms with Gasteiger partial charge in [0, 0.05) is 23.7 Å². The van der Waals surface area contributed by atoms with Gasteiger partial charge in [0.1, 0.15) is 11.6 Å². The lowest BCUT2D eigenvalue weighted by atomic mass is 10.0. The maximum absolute atomic E-state index is 9.78. The normalized spacial score (nSPS) is 17.9. The van der Waals surface area contributed by atoms with Gasteiger partial charge in [0.15, 0.2) is 0 Å². The number of hydrogen-bond acceptors (Lipinski definition) is 4. The highest BCUT2D eigenvalue weighted by molar-refractivity contribution is 6.30. The van der Waals surface area contributed by atoms with Crippen molar-refractivity contribution in [3.05, 3.63) is 58.9 Å². The monoisotopic (exact) mass is 399 g/mol. The third kappa shape index (κ3) is 4.02. The van der Waals surface area contributed by atoms with Crippen LogP contribution in [0.1, 0.15) is 30.7 Å². The molecule has 0 saturated carbocycles. The quantitative estimate of drug-likeness (QED) is 0.678. The maximum atomic E-state index is 9.78. The minimum Gasteiger partial charge on any atom is -0.497 e. The van der Waals surface area contributed by atoms with Crippen molar-refractivity contribution in [1.82, 2.24) is 14.5 Å². The summed E-state index contributed by atoms with van der Waals surface area (Å²) in [6.07, 6.45) is 3.39. The second-order valence-corrected chi connectivity index (χ2v) is 7.83. The molecular weight excluding hydrogens is 374 g/mol. The first-order valence-corrected chi connectivity index (χ1v) is 10.2. The summed E-state index contributed by atoms with van der Waals surface area (Å²) in [7, 11) is 1.68. The molecule has 1 aliphatic heterocycles. The standard InChI is InChI=1S/C22H26ClN3O2/c1-28-19-9-10-20-21(12-19)26(13-16-5-7-17(23)8-6-16)22(24-20)14-25-11-3-2-4-18(25)15-27/h5-10,12,18,27H,2-4,11,13-15H2,1H3. The molecule has 3 aromatic rings. The van der Waals surface area contributed by atoms with E-state index in [0.29, 0.717) is 6.54 Å². The molecule has 2 aromatic carbocycles. The molecule has 2 heterocycles. The number of aromatic nitrogens is 2. The fourth-order valence-corrected chi connectivity index (χ4v) is 4.13. The van der Waals surface area contributed by atoms with Gasteiger partial charge in [-0.15, -0.1) is 0 Å². The first-order chi connectivity index (χ1) is 13.7. The Morgan fingerprint density at radius 3 is 2.71 bits per heavy atom. The van der Waals surface area contributed by atoms with Gasteiger partial charge in [-0.3, -0.25) is 4.90 Å². The van der Waals surface area contributed by atoms with Gasteiger partial charge in [-0.05, 0) is 49.2 Å². The average Bonchev–Trinajstić information content (AvgIpc) is 3.06. The van der Waals surface area contributed by atoms with Gasteiger partial charge >= 0.3 is 0 Å². The van der Waals surface area contributed by atoms with E-state index in [-0.39, 0.29) is 12.6 Å². The molecule has 5 nitrogen and oxygen atoms in total. The summed E-state index contributed by atoms with van der Waals surface area (Å²) in [6, 6.07) is 14.2. The van der Waals surface area contributed by atoms with E-state index in [4.69, 9.17) is 21.3 Å². The molecule has 28 heavy (non-hydrogen) atoms. The predicted molar refractivity (Wildman–Crippen MR) is 112 cm³/mol. The smallest absolute Gasteiger partial charge is 0.124 e. The minimum atomic E-state index is 0.200. The Balaban J connectivity index is 1.72. The number of halogens is 1. The molecule has 0 spiro atoms. The average molecular weight is 400 g/mol. The van der Waals surface area contributed by atoms with Crippen LogP contribution in [0.25, 0.3) is 11.0 Å². The van der Waals surface area contributed by atoms with Crippen LogP contribution in [-0.2, 0) is 13.1 Å². The molecule has 0 bridgehead atoms. The molecule has 6 heteroatoms. The highest BCUT2D eigenvalue weighted by Crippen LogP contribution is 2.26. The lowest BCUT2D eigenvalue weighted by Gasteiger charge is -2.34. The van der Waals surface area contributed by atoms with Crippen LogP contribution in [0.5, 0.6) is 5.75 Å². The molecule has 1 aliphatic rings. The van der Waals surface area contributed by atoms with Gasteiger partial charge in [0.25, 0.3) is 0 Å². The SMILES string of the molecule is COc1ccc2nc(CN3CCCCC3CO)n(Cc3ccc(Cl)cc3)c2c1. The lowest BCUT2D eigenvalue weighted by molar-refractivity contribution is 0.0812. The van der Waals surface area contributed by atoms with Crippen molar-refractivity contribution in [2.45, 2.75) is 38.4 Å². The van der Waals surface area contributed by atoms with Crippen molar-refractivity contribution in [2.75, 3.05) is 20.3 Å². The summed E-state index contributed by atoms with van der Waals surface area (Å²) in [4.78, 5) is 7.28. The number of methoxy groups -OCH3 is 1. The van der Waals surface area contributed by atoms with E-state index >= 15 is 0 Å². The van der Waals surface area contributed by atoms with E-state index < -0.39 is 0 Å². The van der Waals surface area contributed by atoms with E-state index in [1.54, 1.807) is 7.11 Å². The second kappa shape index (κ2) is 8.52. The van der Waals surface area contributed by atoms with E-state index in [2.05, 4.69) is 21.6 Å². The summed E-state index contributed by atoms with van der Waals surface area (Å²) in [6.45, 7) is 2.65. The Morgan fingerprint density at radius 2 is 1.96 bits per heavy atom. The first-order valence-electron chi connectivity index (χ1n) is 9.80. The van der Waals surface area contributed by atoms with Crippen molar-refractivity contribution in [1.29, 1.82) is 0 Å². The van der Waals surface area contributed by atoms with Crippen LogP contribution >= 0.6 is 11.6 Å². The molecule has 148 valence electrons. The summed E-state index contributed by atoms with van der Waals surface area (Å²) in [5.41, 5.74) is 3.19. The molecule has 0 radical (unpaired) electrons. The molecular formula is C22H26ClN3O2. The van der Waals surface area contributed by atoms with Gasteiger partial charge in [0.2, 0.25) is 0 Å². The fourth-order valence-electron chi connectivity index (χ4n) is 4.01. The largest absolute Gasteiger partial charge is 0.497 e. The molecule has 1 atom stereocenters. The number of hydrogen-bond donors (Lipinski definition) is 1. The van der Waals surface area contributed by atoms with Crippen LogP contribution in [0, 0.1) is 0 Å². The van der Waals surface area contributed by atoms with Gasteiger partial charge in [-0.25, -0.2) is 4.98 Å². The Labute approximate surface area is 170 Å². The Bertz CT molecular complexity index is 939. The van der Waals surface area contributed by atoms with Crippen LogP contribution < -0.4 is 4.74 Å². The third-order valence-electron chi connectivity index (χ3n) is 5.59. The number of aliphatic hydroxyl groups is 1. The third-order valence-corrected chi connectivity index (χ3v) is 5.84. The van der Waals surface area contributed by atoms with Crippen LogP contribution in [0.15, 0.2) is 42.5 Å². The molecule has 1 N–H and O–H groups in total. The number of ether oxygens (including phenoxy) is 1. The topological polar surface area (TPSA) is 50.5 Å². The molecule has 1 unspecified atom stereocenters. The Hall–Kier alpha value is -2.08. The molecule has 4 rings (SSSR count). The first kappa shape index (κ1) is 19.2. The van der Waals surface area contributed by atoms with E-state index in [1.807, 2.05) is 30.3 Å². The molecule has 0 amide bonds. The number of rotatable bonds is 6. The van der Waals surface area contributed by atoms with Crippen molar-refractivity contribution in [3.8, 4) is 5.75 Å². The minimum absolute atomic E-state index is 0.200. The van der Waals surface area contributed by atoms with E-state index in [9.17, 15) is 5.11 Å². The highest BCUT2D eigenvalue weighted by Gasteiger charge is 2.24. The number of piperidine rings is 1. The van der Waals surface area contributed by atoms with Crippen LogP contribution in [0.4, 0.5) is 0 Å². The number of nitrogens with zero attached hydrogens (tertiary/aromatic N) is 3. The Morgan fingerprint density at radius 1 is 1.14 bits per heavy atom. The van der Waals surface area contributed by atoms with Gasteiger partial charge < -0.3 is 14.4 Å². The molecule has 1 fully saturated rings. The zero-order valence-corrected chi connectivity index (χ0v) is 16.9. The number of benzene rings is 2. The lowest BCUT2D eigenvalue weighted by Crippen LogP contribution is -2.41. The highest BCUT2D eigenvalue weighted by atomic mass is 35.5. The zero-order valence-electron chi connectivity index (χ0n) is 16.1. The number of imidazole rings is 1. The summed E-state index contributed by atoms with van der Waals surface area (Å²) >= 11 is 6.05. The van der Waals surface area contributed by atoms with Crippen LogP contribution in [0.3, 0.4) is 0 Å². The van der Waals surface area contributed by atoms with Crippen LogP contribution in [-0.4, -0.2) is 45.9 Å². The summed E-state index contributed by atoms with van der Waals surface area (Å²) < 4.78 is 7.69. The van der Waals surface area contributed by atoms with Crippen molar-refractivity contribution < 1.29 is 9.84 Å². The fraction of sp³-hybridized carbons (Fsp3) is 0.409. The van der Waals surface area contributed by atoms with Gasteiger partial charge in [-0.1, -0.05) is 30.2 Å². The molecule has 0 aliphatic carbocycles. The van der Waals surface area contributed by atoms with E-state index in [1.165, 1.54) is 18.4 Å².